The van der Waals surface area contributed by atoms with E-state index in [-0.39, 0.29) is 18.1 Å². The van der Waals surface area contributed by atoms with Gasteiger partial charge in [-0.2, -0.15) is 0 Å². The number of ketones is 1. The molecule has 1 aliphatic rings. The molecule has 3 rings (SSSR count). The van der Waals surface area contributed by atoms with Crippen molar-refractivity contribution in [3.63, 3.8) is 0 Å². The summed E-state index contributed by atoms with van der Waals surface area (Å²) in [4.78, 5) is 15.0. The molecular formula is C21H25NO. The van der Waals surface area contributed by atoms with Crippen LogP contribution >= 0.6 is 0 Å². The van der Waals surface area contributed by atoms with Gasteiger partial charge in [-0.1, -0.05) is 74.0 Å². The van der Waals surface area contributed by atoms with Crippen molar-refractivity contribution in [3.8, 4) is 0 Å². The van der Waals surface area contributed by atoms with Crippen LogP contribution in [0.4, 0.5) is 0 Å². The second-order valence-corrected chi connectivity index (χ2v) is 6.40. The van der Waals surface area contributed by atoms with Crippen LogP contribution in [0.1, 0.15) is 56.3 Å². The molecule has 1 aliphatic heterocycles. The largest absolute Gasteiger partial charge is 0.298 e. The van der Waals surface area contributed by atoms with Crippen LogP contribution in [-0.2, 0) is 4.79 Å². The lowest BCUT2D eigenvalue weighted by Gasteiger charge is -2.15. The van der Waals surface area contributed by atoms with Gasteiger partial charge in [-0.15, -0.1) is 0 Å². The van der Waals surface area contributed by atoms with Crippen LogP contribution in [0.15, 0.2) is 60.7 Å². The Morgan fingerprint density at radius 3 is 2.26 bits per heavy atom. The van der Waals surface area contributed by atoms with Gasteiger partial charge in [-0.3, -0.25) is 9.69 Å². The summed E-state index contributed by atoms with van der Waals surface area (Å²) < 4.78 is 0. The SMILES string of the molecule is CCCCC(=O)[C@@H]1[C@H](c2ccccc2)N1[C@@H](C)c1ccccc1. The van der Waals surface area contributed by atoms with Crippen molar-refractivity contribution >= 4 is 5.78 Å². The first kappa shape index (κ1) is 15.9. The molecule has 0 aliphatic carbocycles. The van der Waals surface area contributed by atoms with Crippen LogP contribution < -0.4 is 0 Å². The highest BCUT2D eigenvalue weighted by atomic mass is 16.1. The van der Waals surface area contributed by atoms with Gasteiger partial charge in [-0.25, -0.2) is 0 Å². The lowest BCUT2D eigenvalue weighted by molar-refractivity contribution is -0.119. The van der Waals surface area contributed by atoms with Crippen molar-refractivity contribution in [1.29, 1.82) is 0 Å². The Hall–Kier alpha value is -1.93. The molecule has 2 aromatic rings. The van der Waals surface area contributed by atoms with Gasteiger partial charge in [0, 0.05) is 12.5 Å². The van der Waals surface area contributed by atoms with Gasteiger partial charge in [0.05, 0.1) is 12.1 Å². The predicted molar refractivity (Wildman–Crippen MR) is 94.2 cm³/mol. The molecule has 2 aromatic carbocycles. The summed E-state index contributed by atoms with van der Waals surface area (Å²) in [5.74, 6) is 0.392. The van der Waals surface area contributed by atoms with E-state index in [1.54, 1.807) is 0 Å². The number of rotatable bonds is 7. The van der Waals surface area contributed by atoms with E-state index in [1.807, 2.05) is 12.1 Å². The first-order valence-electron chi connectivity index (χ1n) is 8.64. The minimum atomic E-state index is 0.0409. The summed E-state index contributed by atoms with van der Waals surface area (Å²) in [6, 6.07) is 21.5. The van der Waals surface area contributed by atoms with Crippen molar-refractivity contribution in [2.45, 2.75) is 51.2 Å². The van der Waals surface area contributed by atoms with Gasteiger partial charge in [0.1, 0.15) is 0 Å². The Morgan fingerprint density at radius 1 is 1.04 bits per heavy atom. The first-order valence-corrected chi connectivity index (χ1v) is 8.64. The lowest BCUT2D eigenvalue weighted by atomic mass is 10.0. The van der Waals surface area contributed by atoms with Crippen LogP contribution in [0.5, 0.6) is 0 Å². The molecule has 0 aromatic heterocycles. The highest BCUT2D eigenvalue weighted by Crippen LogP contribution is 2.50. The fourth-order valence-electron chi connectivity index (χ4n) is 3.48. The van der Waals surface area contributed by atoms with Crippen molar-refractivity contribution in [3.05, 3.63) is 71.8 Å². The van der Waals surface area contributed by atoms with E-state index in [4.69, 9.17) is 0 Å². The van der Waals surface area contributed by atoms with Gasteiger partial charge in [0.2, 0.25) is 0 Å². The summed E-state index contributed by atoms with van der Waals surface area (Å²) >= 11 is 0. The Morgan fingerprint density at radius 2 is 1.65 bits per heavy atom. The molecule has 4 atom stereocenters. The summed E-state index contributed by atoms with van der Waals surface area (Å²) in [5.41, 5.74) is 2.53. The quantitative estimate of drug-likeness (QED) is 0.676. The van der Waals surface area contributed by atoms with E-state index >= 15 is 0 Å². The van der Waals surface area contributed by atoms with E-state index in [2.05, 4.69) is 67.3 Å². The third-order valence-electron chi connectivity index (χ3n) is 4.83. The molecule has 0 saturated carbocycles. The third kappa shape index (κ3) is 3.37. The van der Waals surface area contributed by atoms with Crippen molar-refractivity contribution in [1.82, 2.24) is 4.90 Å². The Labute approximate surface area is 139 Å². The normalized spacial score (nSPS) is 24.2. The number of unbranched alkanes of at least 4 members (excludes halogenated alkanes) is 1. The number of nitrogens with zero attached hydrogens (tertiary/aromatic N) is 1. The van der Waals surface area contributed by atoms with E-state index < -0.39 is 0 Å². The molecular weight excluding hydrogens is 282 g/mol. The zero-order valence-corrected chi connectivity index (χ0v) is 14.0. The van der Waals surface area contributed by atoms with Crippen LogP contribution in [0.25, 0.3) is 0 Å². The van der Waals surface area contributed by atoms with Gasteiger partial charge < -0.3 is 0 Å². The second-order valence-electron chi connectivity index (χ2n) is 6.40. The van der Waals surface area contributed by atoms with Crippen LogP contribution in [0.2, 0.25) is 0 Å². The van der Waals surface area contributed by atoms with Crippen LogP contribution in [-0.4, -0.2) is 16.7 Å². The van der Waals surface area contributed by atoms with Crippen molar-refractivity contribution < 1.29 is 4.79 Å². The molecule has 0 spiro atoms. The number of hydrogen-bond donors (Lipinski definition) is 0. The number of carbonyl (C=O) groups excluding carboxylic acids is 1. The number of Topliss-reactive ketones (excluding diaryl/α,β-unsaturated/α-hetero) is 1. The van der Waals surface area contributed by atoms with Crippen LogP contribution in [0, 0.1) is 0 Å². The minimum absolute atomic E-state index is 0.0409. The van der Waals surface area contributed by atoms with Crippen molar-refractivity contribution in [2.75, 3.05) is 0 Å². The summed E-state index contributed by atoms with van der Waals surface area (Å²) in [7, 11) is 0. The average molecular weight is 307 g/mol. The van der Waals surface area contributed by atoms with E-state index in [0.29, 0.717) is 12.2 Å². The molecule has 120 valence electrons. The van der Waals surface area contributed by atoms with Crippen molar-refractivity contribution in [2.24, 2.45) is 0 Å². The van der Waals surface area contributed by atoms with Gasteiger partial charge >= 0.3 is 0 Å². The molecule has 2 heteroatoms. The predicted octanol–water partition coefficient (Wildman–Crippen LogP) is 4.93. The van der Waals surface area contributed by atoms with Crippen LogP contribution in [0.3, 0.4) is 0 Å². The molecule has 1 saturated heterocycles. The van der Waals surface area contributed by atoms with E-state index in [0.717, 1.165) is 12.8 Å². The fourth-order valence-corrected chi connectivity index (χ4v) is 3.48. The average Bonchev–Trinajstić information content (AvgIpc) is 3.36. The molecule has 0 radical (unpaired) electrons. The zero-order chi connectivity index (χ0) is 16.2. The molecule has 0 bridgehead atoms. The highest BCUT2D eigenvalue weighted by Gasteiger charge is 2.54. The molecule has 0 amide bonds. The van der Waals surface area contributed by atoms with Gasteiger partial charge in [-0.05, 0) is 24.5 Å². The summed E-state index contributed by atoms with van der Waals surface area (Å²) in [5, 5.41) is 0. The van der Waals surface area contributed by atoms with Gasteiger partial charge in [0.25, 0.3) is 0 Å². The van der Waals surface area contributed by atoms with E-state index in [1.165, 1.54) is 11.1 Å². The topological polar surface area (TPSA) is 20.1 Å². The zero-order valence-electron chi connectivity index (χ0n) is 14.0. The third-order valence-corrected chi connectivity index (χ3v) is 4.83. The monoisotopic (exact) mass is 307 g/mol. The Balaban J connectivity index is 1.82. The van der Waals surface area contributed by atoms with E-state index in [9.17, 15) is 4.79 Å². The molecule has 23 heavy (non-hydrogen) atoms. The molecule has 1 unspecified atom stereocenters. The number of carbonyl (C=O) groups is 1. The highest BCUT2D eigenvalue weighted by molar-refractivity contribution is 5.88. The number of benzene rings is 2. The smallest absolute Gasteiger partial charge is 0.151 e. The maximum Gasteiger partial charge on any atom is 0.151 e. The number of hydrogen-bond acceptors (Lipinski definition) is 2. The fraction of sp³-hybridized carbons (Fsp3) is 0.381. The Kier molecular flexibility index (Phi) is 4.92. The minimum Gasteiger partial charge on any atom is -0.298 e. The standard InChI is InChI=1S/C21H25NO/c1-3-4-15-19(23)21-20(18-13-9-6-10-14-18)22(21)16(2)17-11-7-5-8-12-17/h5-14,16,20-21H,3-4,15H2,1-2H3/t16-,20-,21+,22?/m0/s1. The maximum absolute atomic E-state index is 12.7. The molecule has 0 N–H and O–H groups in total. The second kappa shape index (κ2) is 7.10. The molecule has 2 nitrogen and oxygen atoms in total. The van der Waals surface area contributed by atoms with Gasteiger partial charge in [0.15, 0.2) is 5.78 Å². The molecule has 1 heterocycles. The first-order chi connectivity index (χ1) is 11.2. The molecule has 1 fully saturated rings. The lowest BCUT2D eigenvalue weighted by Crippen LogP contribution is -2.15. The summed E-state index contributed by atoms with van der Waals surface area (Å²) in [6.07, 6.45) is 2.76. The summed E-state index contributed by atoms with van der Waals surface area (Å²) in [6.45, 7) is 4.34. The Bertz CT molecular complexity index is 637. The maximum atomic E-state index is 12.7.